The predicted molar refractivity (Wildman–Crippen MR) is 253 cm³/mol. The molecule has 0 heterocycles. The summed E-state index contributed by atoms with van der Waals surface area (Å²) < 4.78 is 418. The fourth-order valence-electron chi connectivity index (χ4n) is 8.78. The van der Waals surface area contributed by atoms with Crippen molar-refractivity contribution < 1.29 is 148 Å². The molecule has 1 aliphatic carbocycles. The molecule has 0 fully saturated rings. The van der Waals surface area contributed by atoms with E-state index in [9.17, 15) is 39.5 Å². The number of halogens is 28. The van der Waals surface area contributed by atoms with Crippen LogP contribution in [0, 0.1) is 170 Å². The summed E-state index contributed by atoms with van der Waals surface area (Å²) >= 11 is -10.3. The third-order valence-electron chi connectivity index (χ3n) is 12.9. The molecule has 6 aromatic rings. The van der Waals surface area contributed by atoms with Crippen LogP contribution in [0.15, 0.2) is 22.3 Å². The molecule has 7 rings (SSSR count). The summed E-state index contributed by atoms with van der Waals surface area (Å²) in [5, 5.41) is 0. The zero-order valence-corrected chi connectivity index (χ0v) is 49.2. The van der Waals surface area contributed by atoms with Gasteiger partial charge in [0, 0.05) is 5.92 Å². The monoisotopic (exact) mass is 1360 g/mol. The zero-order chi connectivity index (χ0) is 64.0. The fourth-order valence-corrected chi connectivity index (χ4v) is 14.4. The van der Waals surface area contributed by atoms with E-state index >= 15 is 82.6 Å². The summed E-state index contributed by atoms with van der Waals surface area (Å²) in [4.78, 5) is 4.51. The summed E-state index contributed by atoms with van der Waals surface area (Å²) in [5.41, 5.74) is -15.7. The minimum atomic E-state index is -10.3. The van der Waals surface area contributed by atoms with Crippen molar-refractivity contribution in [1.82, 2.24) is 0 Å². The van der Waals surface area contributed by atoms with E-state index in [1.165, 1.54) is 28.2 Å². The Kier molecular flexibility index (Phi) is 22.9. The molecule has 3 radical (unpaired) electrons. The molecule has 0 spiro atoms. The number of allylic oxidation sites excluding steroid dienone is 4. The van der Waals surface area contributed by atoms with E-state index in [0.717, 1.165) is 0 Å². The summed E-state index contributed by atoms with van der Waals surface area (Å²) in [7, 11) is -0.367. The Labute approximate surface area is 487 Å². The van der Waals surface area contributed by atoms with Crippen LogP contribution in [-0.2, 0) is 26.2 Å². The second-order valence-corrected chi connectivity index (χ2v) is 24.5. The maximum absolute atomic E-state index is 19.3. The molecule has 85 heavy (non-hydrogen) atoms. The predicted octanol–water partition coefficient (Wildman–Crippen LogP) is 17.5. The average Bonchev–Trinajstić information content (AvgIpc) is 1.08. The molecule has 32 heteroatoms. The number of rotatable bonds is 7. The number of hydrogen-bond donors (Lipinski definition) is 0. The second kappa shape index (κ2) is 26.4. The summed E-state index contributed by atoms with van der Waals surface area (Å²) in [6.07, 6.45) is 0. The fraction of sp³-hybridized carbons (Fsp3) is 0.208. The largest absolute Gasteiger partial charge is 3.00 e. The van der Waals surface area contributed by atoms with Crippen LogP contribution >= 0.6 is 0 Å². The maximum Gasteiger partial charge on any atom is 3.00 e. The Morgan fingerprint density at radius 3 is 0.553 bits per heavy atom. The van der Waals surface area contributed by atoms with Crippen molar-refractivity contribution in [2.75, 3.05) is 0 Å². The number of benzene rings is 6. The second-order valence-electron chi connectivity index (χ2n) is 19.1. The molecule has 1 nitrogen and oxygen atoms in total. The molecule has 1 aliphatic rings. The van der Waals surface area contributed by atoms with E-state index in [0.29, 0.717) is 0 Å². The molecule has 0 aromatic heterocycles. The van der Waals surface area contributed by atoms with Gasteiger partial charge in [0.2, 0.25) is 17.5 Å². The minimum Gasteiger partial charge on any atom is -0.663 e. The van der Waals surface area contributed by atoms with Crippen LogP contribution < -0.4 is 13.3 Å². The molecule has 0 unspecified atom stereocenters. The average molecular weight is 1360 g/mol. The topological polar surface area (TPSA) is 14.1 Å². The van der Waals surface area contributed by atoms with E-state index < -0.39 is 217 Å². The van der Waals surface area contributed by atoms with Gasteiger partial charge in [-0.2, -0.15) is 0 Å². The van der Waals surface area contributed by atoms with Gasteiger partial charge in [0.1, 0.15) is 17.5 Å². The SMILES string of the molecule is C[C]1C(C)=C(C)C(C)=C1C.C[Si](C)[N-]C(C)(C)C.Fc1c(F)c(F)c(-c2c(F)c(F)c(F)c(F)[c]2[Al-]([F])([c]2c(F)c(F)c(F)c(F)c2-c2c(F)c(F)c(F)c(F)c2F)[c]2c(F)c(F)c(F)c(F)c2-c2c(F)c(F)c(F)c(F)c2F)c(F)c1F.[CH3-].[Zr+3]. The summed E-state index contributed by atoms with van der Waals surface area (Å²) in [6.45, 7) is 21.8. The van der Waals surface area contributed by atoms with Crippen molar-refractivity contribution in [1.29, 1.82) is 0 Å². The standard InChI is InChI=1S/3C12F9.C10H15.C6H15NSi.CH3.Al.FH.Zr/c3*13-3-1-2(5(14)9(18)6(3)15)4-7(16)10(19)12(21)11(20)8(4)17;1-6-7(2)9(4)10(5)8(6)3;1-6(2,3)7-8(4)5;;;;/h;;;1-5H3;1-5H3;1H3;;1H;/q;;;;2*-1;;;+3/p-1. The first-order chi connectivity index (χ1) is 37.9. The molecular formula is C53H33AlF28NSiZr. The van der Waals surface area contributed by atoms with Gasteiger partial charge >= 0.3 is 39.7 Å². The quantitative estimate of drug-likeness (QED) is 0.0497. The summed E-state index contributed by atoms with van der Waals surface area (Å²) in [6, 6.07) is 0. The first-order valence-corrected chi connectivity index (χ1v) is 27.2. The van der Waals surface area contributed by atoms with Gasteiger partial charge in [0.05, 0.1) is 16.7 Å². The van der Waals surface area contributed by atoms with Crippen molar-refractivity contribution in [2.24, 2.45) is 0 Å². The summed E-state index contributed by atoms with van der Waals surface area (Å²) in [5.74, 6) is -99.8. The molecule has 0 saturated heterocycles. The first-order valence-electron chi connectivity index (χ1n) is 22.6. The van der Waals surface area contributed by atoms with Crippen molar-refractivity contribution in [3.05, 3.63) is 198 Å². The van der Waals surface area contributed by atoms with Crippen LogP contribution in [0.1, 0.15) is 55.4 Å². The van der Waals surface area contributed by atoms with Crippen LogP contribution in [0.25, 0.3) is 38.4 Å². The van der Waals surface area contributed by atoms with Crippen LogP contribution in [-0.4, -0.2) is 28.0 Å². The maximum atomic E-state index is 19.3. The Balaban J connectivity index is 0.000000810. The Bertz CT molecular complexity index is 3360. The zero-order valence-electron chi connectivity index (χ0n) is 44.6. The Morgan fingerprint density at radius 1 is 0.271 bits per heavy atom. The smallest absolute Gasteiger partial charge is 0.663 e. The first kappa shape index (κ1) is 73.7. The third kappa shape index (κ3) is 12.2. The van der Waals surface area contributed by atoms with Gasteiger partial charge in [0.15, 0.2) is 122 Å². The molecule has 0 bridgehead atoms. The molecule has 0 atom stereocenters. The number of nitrogens with zero attached hydrogens (tertiary/aromatic N) is 1. The molecular weight excluding hydrogens is 1330 g/mol. The van der Waals surface area contributed by atoms with Gasteiger partial charge in [-0.15, -0.1) is 18.8 Å². The van der Waals surface area contributed by atoms with Crippen LogP contribution in [0.3, 0.4) is 0 Å². The number of hydrogen-bond acceptors (Lipinski definition) is 0. The molecule has 0 N–H and O–H groups in total. The van der Waals surface area contributed by atoms with E-state index in [1.54, 1.807) is 0 Å². The van der Waals surface area contributed by atoms with E-state index in [-0.39, 0.29) is 48.1 Å². The van der Waals surface area contributed by atoms with Gasteiger partial charge < -0.3 is 15.9 Å². The van der Waals surface area contributed by atoms with E-state index in [2.05, 4.69) is 73.5 Å². The van der Waals surface area contributed by atoms with Crippen LogP contribution in [0.4, 0.5) is 122 Å². The molecule has 6 aromatic carbocycles. The molecule has 457 valence electrons. The molecule has 0 aliphatic heterocycles. The van der Waals surface area contributed by atoms with Gasteiger partial charge in [-0.3, -0.25) is 0 Å². The van der Waals surface area contributed by atoms with Gasteiger partial charge in [-0.05, 0) is 55.5 Å². The normalized spacial score (nSPS) is 12.9. The van der Waals surface area contributed by atoms with Crippen molar-refractivity contribution in [3.8, 4) is 33.4 Å². The van der Waals surface area contributed by atoms with Crippen LogP contribution in [0.5, 0.6) is 0 Å². The van der Waals surface area contributed by atoms with Gasteiger partial charge in [-0.1, -0.05) is 60.9 Å². The van der Waals surface area contributed by atoms with Gasteiger partial charge in [-0.25, -0.2) is 119 Å². The van der Waals surface area contributed by atoms with E-state index in [1.807, 2.05) is 0 Å². The van der Waals surface area contributed by atoms with Crippen LogP contribution in [0.2, 0.25) is 13.1 Å². The Hall–Kier alpha value is -5.57. The third-order valence-corrected chi connectivity index (χ3v) is 18.0. The Morgan fingerprint density at radius 2 is 0.424 bits per heavy atom. The molecule has 0 amide bonds. The van der Waals surface area contributed by atoms with Gasteiger partial charge in [0.25, 0.3) is 0 Å². The van der Waals surface area contributed by atoms with Crippen molar-refractivity contribution in [3.63, 3.8) is 0 Å². The van der Waals surface area contributed by atoms with E-state index in [4.69, 9.17) is 0 Å². The molecule has 0 saturated carbocycles. The van der Waals surface area contributed by atoms with Crippen molar-refractivity contribution >= 4 is 35.8 Å². The van der Waals surface area contributed by atoms with Crippen molar-refractivity contribution in [2.45, 2.75) is 74.0 Å². The minimum absolute atomic E-state index is 0.